The van der Waals surface area contributed by atoms with Crippen LogP contribution in [0.5, 0.6) is 0 Å². The molecule has 0 spiro atoms. The Labute approximate surface area is 133 Å². The minimum Gasteiger partial charge on any atom is -0.375 e. The van der Waals surface area contributed by atoms with Crippen LogP contribution in [0.1, 0.15) is 39.2 Å². The molecule has 22 heavy (non-hydrogen) atoms. The SMILES string of the molecule is CC(c1cccc(C(=O)c2ccccc2)c1)c1cnc(N)s1. The molecule has 0 aliphatic rings. The number of nitrogens with zero attached hydrogens (tertiary/aromatic N) is 1. The summed E-state index contributed by atoms with van der Waals surface area (Å²) in [6.07, 6.45) is 1.80. The van der Waals surface area contributed by atoms with Crippen LogP contribution in [0.4, 0.5) is 5.13 Å². The number of anilines is 1. The number of rotatable bonds is 4. The lowest BCUT2D eigenvalue weighted by molar-refractivity contribution is 0.103. The molecule has 3 rings (SSSR count). The maximum Gasteiger partial charge on any atom is 0.193 e. The summed E-state index contributed by atoms with van der Waals surface area (Å²) in [5.74, 6) is 0.205. The highest BCUT2D eigenvalue weighted by Crippen LogP contribution is 2.30. The third-order valence-electron chi connectivity index (χ3n) is 3.65. The molecule has 0 saturated carbocycles. The molecule has 4 heteroatoms. The average Bonchev–Trinajstić information content (AvgIpc) is 3.01. The van der Waals surface area contributed by atoms with Gasteiger partial charge in [0.15, 0.2) is 10.9 Å². The number of hydrogen-bond donors (Lipinski definition) is 1. The molecule has 110 valence electrons. The van der Waals surface area contributed by atoms with Gasteiger partial charge in [0.2, 0.25) is 0 Å². The number of benzene rings is 2. The predicted molar refractivity (Wildman–Crippen MR) is 90.4 cm³/mol. The van der Waals surface area contributed by atoms with Crippen molar-refractivity contribution in [1.82, 2.24) is 4.98 Å². The van der Waals surface area contributed by atoms with Crippen molar-refractivity contribution in [2.75, 3.05) is 5.73 Å². The molecule has 0 saturated heterocycles. The maximum absolute atomic E-state index is 12.5. The van der Waals surface area contributed by atoms with Gasteiger partial charge in [-0.1, -0.05) is 55.5 Å². The van der Waals surface area contributed by atoms with Crippen LogP contribution in [0, 0.1) is 0 Å². The van der Waals surface area contributed by atoms with Gasteiger partial charge in [-0.2, -0.15) is 0 Å². The van der Waals surface area contributed by atoms with E-state index in [-0.39, 0.29) is 11.7 Å². The molecule has 1 aromatic heterocycles. The first kappa shape index (κ1) is 14.5. The molecule has 3 aromatic rings. The molecular weight excluding hydrogens is 292 g/mol. The van der Waals surface area contributed by atoms with Crippen LogP contribution in [0.3, 0.4) is 0 Å². The quantitative estimate of drug-likeness (QED) is 0.738. The normalized spacial score (nSPS) is 12.0. The number of carbonyl (C=O) groups is 1. The van der Waals surface area contributed by atoms with Crippen molar-refractivity contribution in [3.05, 3.63) is 82.4 Å². The fourth-order valence-electron chi connectivity index (χ4n) is 2.37. The number of nitrogens with two attached hydrogens (primary N) is 1. The Morgan fingerprint density at radius 2 is 1.82 bits per heavy atom. The monoisotopic (exact) mass is 308 g/mol. The van der Waals surface area contributed by atoms with Gasteiger partial charge in [0, 0.05) is 28.1 Å². The molecule has 1 heterocycles. The van der Waals surface area contributed by atoms with Crippen molar-refractivity contribution >= 4 is 22.3 Å². The van der Waals surface area contributed by atoms with E-state index in [9.17, 15) is 4.79 Å². The first-order chi connectivity index (χ1) is 10.6. The van der Waals surface area contributed by atoms with E-state index in [0.717, 1.165) is 10.4 Å². The molecular formula is C18H16N2OS. The Hall–Kier alpha value is -2.46. The molecule has 1 unspecified atom stereocenters. The smallest absolute Gasteiger partial charge is 0.193 e. The average molecular weight is 308 g/mol. The number of nitrogen functional groups attached to an aromatic ring is 1. The Balaban J connectivity index is 1.91. The van der Waals surface area contributed by atoms with Gasteiger partial charge in [0.05, 0.1) is 0 Å². The molecule has 0 aliphatic carbocycles. The van der Waals surface area contributed by atoms with E-state index in [1.54, 1.807) is 6.20 Å². The zero-order chi connectivity index (χ0) is 15.5. The number of aromatic nitrogens is 1. The number of thiazole rings is 1. The third kappa shape index (κ3) is 2.92. The zero-order valence-corrected chi connectivity index (χ0v) is 13.0. The van der Waals surface area contributed by atoms with Crippen LogP contribution in [0.2, 0.25) is 0 Å². The van der Waals surface area contributed by atoms with Gasteiger partial charge in [0.25, 0.3) is 0 Å². The van der Waals surface area contributed by atoms with Crippen molar-refractivity contribution in [2.24, 2.45) is 0 Å². The van der Waals surface area contributed by atoms with Gasteiger partial charge in [-0.25, -0.2) is 4.98 Å². The second kappa shape index (κ2) is 6.12. The summed E-state index contributed by atoms with van der Waals surface area (Å²) in [5, 5.41) is 0.568. The first-order valence-electron chi connectivity index (χ1n) is 7.06. The van der Waals surface area contributed by atoms with Gasteiger partial charge in [-0.3, -0.25) is 4.79 Å². The molecule has 0 aliphatic heterocycles. The Bertz CT molecular complexity index is 796. The highest BCUT2D eigenvalue weighted by Gasteiger charge is 2.14. The fourth-order valence-corrected chi connectivity index (χ4v) is 3.14. The third-order valence-corrected chi connectivity index (χ3v) is 4.66. The molecule has 2 N–H and O–H groups in total. The van der Waals surface area contributed by atoms with Crippen molar-refractivity contribution < 1.29 is 4.79 Å². The number of hydrogen-bond acceptors (Lipinski definition) is 4. The minimum absolute atomic E-state index is 0.0402. The second-order valence-electron chi connectivity index (χ2n) is 5.14. The predicted octanol–water partition coefficient (Wildman–Crippen LogP) is 4.11. The summed E-state index contributed by atoms with van der Waals surface area (Å²) >= 11 is 1.48. The topological polar surface area (TPSA) is 56.0 Å². The number of carbonyl (C=O) groups excluding carboxylic acids is 1. The summed E-state index contributed by atoms with van der Waals surface area (Å²) in [5.41, 5.74) is 8.20. The van der Waals surface area contributed by atoms with Crippen LogP contribution in [-0.4, -0.2) is 10.8 Å². The van der Waals surface area contributed by atoms with Gasteiger partial charge < -0.3 is 5.73 Å². The molecule has 0 amide bonds. The lowest BCUT2D eigenvalue weighted by atomic mass is 9.95. The van der Waals surface area contributed by atoms with E-state index in [2.05, 4.69) is 11.9 Å². The second-order valence-corrected chi connectivity index (χ2v) is 6.24. The van der Waals surface area contributed by atoms with Gasteiger partial charge in [-0.15, -0.1) is 11.3 Å². The van der Waals surface area contributed by atoms with E-state index in [0.29, 0.717) is 16.3 Å². The van der Waals surface area contributed by atoms with Crippen molar-refractivity contribution in [3.63, 3.8) is 0 Å². The zero-order valence-electron chi connectivity index (χ0n) is 12.2. The summed E-state index contributed by atoms with van der Waals surface area (Å²) in [6.45, 7) is 2.10. The molecule has 0 radical (unpaired) electrons. The summed E-state index contributed by atoms with van der Waals surface area (Å²) in [6, 6.07) is 17.1. The summed E-state index contributed by atoms with van der Waals surface area (Å²) in [7, 11) is 0. The Morgan fingerprint density at radius 3 is 2.50 bits per heavy atom. The van der Waals surface area contributed by atoms with Crippen LogP contribution in [-0.2, 0) is 0 Å². The maximum atomic E-state index is 12.5. The molecule has 3 nitrogen and oxygen atoms in total. The van der Waals surface area contributed by atoms with Gasteiger partial charge >= 0.3 is 0 Å². The van der Waals surface area contributed by atoms with Crippen molar-refractivity contribution in [2.45, 2.75) is 12.8 Å². The van der Waals surface area contributed by atoms with Crippen molar-refractivity contribution in [3.8, 4) is 0 Å². The van der Waals surface area contributed by atoms with Crippen LogP contribution in [0.15, 0.2) is 60.8 Å². The van der Waals surface area contributed by atoms with E-state index < -0.39 is 0 Å². The largest absolute Gasteiger partial charge is 0.375 e. The molecule has 1 atom stereocenters. The highest BCUT2D eigenvalue weighted by molar-refractivity contribution is 7.15. The van der Waals surface area contributed by atoms with Crippen molar-refractivity contribution in [1.29, 1.82) is 0 Å². The highest BCUT2D eigenvalue weighted by atomic mass is 32.1. The molecule has 2 aromatic carbocycles. The van der Waals surface area contributed by atoms with E-state index in [1.807, 2.05) is 54.6 Å². The van der Waals surface area contributed by atoms with Gasteiger partial charge in [0.1, 0.15) is 0 Å². The molecule has 0 fully saturated rings. The number of ketones is 1. The standard InChI is InChI=1S/C18H16N2OS/c1-12(16-11-20-18(19)22-16)14-8-5-9-15(10-14)17(21)13-6-3-2-4-7-13/h2-12H,1H3,(H2,19,20). The minimum atomic E-state index is 0.0402. The Kier molecular flexibility index (Phi) is 4.02. The van der Waals surface area contributed by atoms with E-state index in [1.165, 1.54) is 11.3 Å². The summed E-state index contributed by atoms with van der Waals surface area (Å²) < 4.78 is 0. The van der Waals surface area contributed by atoms with E-state index in [4.69, 9.17) is 5.73 Å². The molecule has 0 bridgehead atoms. The lowest BCUT2D eigenvalue weighted by Crippen LogP contribution is -2.03. The first-order valence-corrected chi connectivity index (χ1v) is 7.87. The van der Waals surface area contributed by atoms with Crippen LogP contribution >= 0.6 is 11.3 Å². The van der Waals surface area contributed by atoms with E-state index >= 15 is 0 Å². The van der Waals surface area contributed by atoms with Crippen LogP contribution in [0.25, 0.3) is 0 Å². The van der Waals surface area contributed by atoms with Gasteiger partial charge in [-0.05, 0) is 11.6 Å². The fraction of sp³-hybridized carbons (Fsp3) is 0.111. The lowest BCUT2D eigenvalue weighted by Gasteiger charge is -2.11. The Morgan fingerprint density at radius 1 is 1.09 bits per heavy atom. The summed E-state index contributed by atoms with van der Waals surface area (Å²) in [4.78, 5) is 17.7. The van der Waals surface area contributed by atoms with Crippen LogP contribution < -0.4 is 5.73 Å².